The number of anilines is 1. The van der Waals surface area contributed by atoms with Crippen molar-refractivity contribution in [1.82, 2.24) is 10.2 Å². The van der Waals surface area contributed by atoms with E-state index in [1.54, 1.807) is 56.4 Å². The first-order valence-electron chi connectivity index (χ1n) is 14.9. The maximum Gasteiger partial charge on any atom is 0.340 e. The molecule has 2 aliphatic heterocycles. The summed E-state index contributed by atoms with van der Waals surface area (Å²) in [4.78, 5) is 29.7. The number of rotatable bonds is 9. The minimum atomic E-state index is -0.643. The van der Waals surface area contributed by atoms with Crippen LogP contribution in [0.15, 0.2) is 48.7 Å². The zero-order valence-electron chi connectivity index (χ0n) is 26.2. The smallest absolute Gasteiger partial charge is 0.340 e. The molecule has 0 radical (unpaired) electrons. The molecule has 1 fully saturated rings. The Labute approximate surface area is 282 Å². The van der Waals surface area contributed by atoms with Gasteiger partial charge in [0, 0.05) is 47.8 Å². The molecule has 248 valence electrons. The zero-order valence-corrected chi connectivity index (χ0v) is 27.7. The van der Waals surface area contributed by atoms with E-state index in [2.05, 4.69) is 5.32 Å². The number of methoxy groups -OCH3 is 1. The van der Waals surface area contributed by atoms with E-state index < -0.39 is 23.2 Å². The number of allylic oxidation sites excluding steroid dienone is 1. The third-order valence-electron chi connectivity index (χ3n) is 8.00. The summed E-state index contributed by atoms with van der Waals surface area (Å²) < 4.78 is 32.2. The second kappa shape index (κ2) is 14.3. The number of hydrogen-bond acceptors (Lipinski definition) is 9. The second-order valence-electron chi connectivity index (χ2n) is 11.8. The van der Waals surface area contributed by atoms with Crippen LogP contribution in [-0.2, 0) is 16.0 Å². The van der Waals surface area contributed by atoms with E-state index >= 15 is 4.39 Å². The molecule has 1 saturated heterocycles. The van der Waals surface area contributed by atoms with Crippen molar-refractivity contribution in [3.8, 4) is 16.9 Å². The topological polar surface area (TPSA) is 124 Å². The number of halogens is 3. The summed E-state index contributed by atoms with van der Waals surface area (Å²) >= 11 is 13.2. The van der Waals surface area contributed by atoms with Crippen LogP contribution in [0.2, 0.25) is 10.0 Å². The first-order chi connectivity index (χ1) is 22.5. The van der Waals surface area contributed by atoms with Crippen LogP contribution in [-0.4, -0.2) is 80.4 Å². The molecule has 47 heavy (non-hydrogen) atoms. The van der Waals surface area contributed by atoms with Gasteiger partial charge in [-0.15, -0.1) is 0 Å². The number of aliphatic hydroxyl groups excluding tert-OH is 1. The van der Waals surface area contributed by atoms with Crippen LogP contribution in [0.5, 0.6) is 5.75 Å². The molecule has 0 saturated carbocycles. The Balaban J connectivity index is 1.43. The Hall–Kier alpha value is -4.16. The molecule has 3 N–H and O–H groups in total. The largest absolute Gasteiger partial charge is 0.472 e. The first-order valence-corrected chi connectivity index (χ1v) is 15.6. The van der Waals surface area contributed by atoms with Crippen molar-refractivity contribution in [2.45, 2.75) is 25.9 Å². The monoisotopic (exact) mass is 684 g/mol. The molecule has 0 aromatic heterocycles. The van der Waals surface area contributed by atoms with Crippen LogP contribution < -0.4 is 15.0 Å². The minimum Gasteiger partial charge on any atom is -0.472 e. The van der Waals surface area contributed by atoms with E-state index in [0.29, 0.717) is 60.0 Å². The Morgan fingerprint density at radius 2 is 1.83 bits per heavy atom. The quantitative estimate of drug-likeness (QED) is 0.192. The van der Waals surface area contributed by atoms with Crippen LogP contribution in [0.25, 0.3) is 16.7 Å². The lowest BCUT2D eigenvalue weighted by molar-refractivity contribution is 0.0515. The van der Waals surface area contributed by atoms with Crippen molar-refractivity contribution in [2.24, 2.45) is 0 Å². The van der Waals surface area contributed by atoms with Gasteiger partial charge < -0.3 is 39.8 Å². The fourth-order valence-corrected chi connectivity index (χ4v) is 6.00. The second-order valence-corrected chi connectivity index (χ2v) is 12.6. The Morgan fingerprint density at radius 3 is 2.47 bits per heavy atom. The van der Waals surface area contributed by atoms with Crippen molar-refractivity contribution >= 4 is 52.6 Å². The highest BCUT2D eigenvalue weighted by molar-refractivity contribution is 6.40. The first kappa shape index (κ1) is 34.2. The maximum atomic E-state index is 15.7. The van der Waals surface area contributed by atoms with Crippen molar-refractivity contribution in [3.63, 3.8) is 0 Å². The predicted molar refractivity (Wildman–Crippen MR) is 179 cm³/mol. The molecule has 0 aliphatic carbocycles. The predicted octanol–water partition coefficient (Wildman–Crippen LogP) is 5.77. The van der Waals surface area contributed by atoms with Crippen LogP contribution in [0.1, 0.15) is 45.7 Å². The van der Waals surface area contributed by atoms with Crippen molar-refractivity contribution in [3.05, 3.63) is 86.8 Å². The van der Waals surface area contributed by atoms with Gasteiger partial charge in [-0.1, -0.05) is 41.4 Å². The molecule has 10 nitrogen and oxygen atoms in total. The number of aliphatic hydroxyl groups is 1. The number of nitrogens with zero attached hydrogens (tertiary/aromatic N) is 2. The number of morpholine rings is 1. The Morgan fingerprint density at radius 1 is 1.13 bits per heavy atom. The molecule has 2 heterocycles. The highest BCUT2D eigenvalue weighted by Gasteiger charge is 2.30. The zero-order chi connectivity index (χ0) is 33.9. The molecular weight excluding hydrogens is 650 g/mol. The lowest BCUT2D eigenvalue weighted by Gasteiger charge is -2.32. The molecule has 13 heteroatoms. The summed E-state index contributed by atoms with van der Waals surface area (Å²) in [5.41, 5.74) is 2.41. The summed E-state index contributed by atoms with van der Waals surface area (Å²) in [7, 11) is 1.25. The molecule has 3 aromatic carbocycles. The summed E-state index contributed by atoms with van der Waals surface area (Å²) in [6, 6.07) is 11.2. The minimum absolute atomic E-state index is 0.0767. The van der Waals surface area contributed by atoms with Gasteiger partial charge in [0.2, 0.25) is 0 Å². The number of nitrogens with one attached hydrogen (secondary N) is 2. The van der Waals surface area contributed by atoms with Gasteiger partial charge >= 0.3 is 5.97 Å². The lowest BCUT2D eigenvalue weighted by Crippen LogP contribution is -2.39. The van der Waals surface area contributed by atoms with E-state index in [1.807, 2.05) is 4.90 Å². The highest BCUT2D eigenvalue weighted by atomic mass is 35.5. The number of amides is 1. The molecule has 2 aliphatic rings. The van der Waals surface area contributed by atoms with Gasteiger partial charge in [-0.05, 0) is 43.7 Å². The summed E-state index contributed by atoms with van der Waals surface area (Å²) in [6.45, 7) is 5.46. The normalized spacial score (nSPS) is 15.1. The number of carbonyl (C=O) groups is 2. The fourth-order valence-electron chi connectivity index (χ4n) is 5.35. The lowest BCUT2D eigenvalue weighted by atomic mass is 9.97. The van der Waals surface area contributed by atoms with Crippen LogP contribution in [0, 0.1) is 11.2 Å². The van der Waals surface area contributed by atoms with Gasteiger partial charge in [-0.25, -0.2) is 9.18 Å². The standard InChI is InChI=1S/C34H35Cl2FN4O6/c1-34(2,18-42)39-16-22(15-38)21-11-26(35)30(27(36)12-21)32(43)41-17-20-5-4-6-23(31(20)47-19-41)24-14-29(40-7-9-46-10-8-40)25(13-28(24)37)33(44)45-3/h4-6,11-16,38-39,42H,7-10,17-19H2,1-3H3/b22-16+,38-15?. The average Bonchev–Trinajstić information content (AvgIpc) is 3.07. The van der Waals surface area contributed by atoms with E-state index in [1.165, 1.54) is 18.1 Å². The van der Waals surface area contributed by atoms with Crippen LogP contribution in [0.3, 0.4) is 0 Å². The molecular formula is C34H35Cl2FN4O6. The number of ether oxygens (including phenoxy) is 3. The molecule has 0 spiro atoms. The highest BCUT2D eigenvalue weighted by Crippen LogP contribution is 2.41. The summed E-state index contributed by atoms with van der Waals surface area (Å²) in [5, 5.41) is 20.6. The third kappa shape index (κ3) is 7.23. The molecule has 3 aromatic rings. The number of carbonyl (C=O) groups excluding carboxylic acids is 2. The number of esters is 1. The number of benzene rings is 3. The van der Waals surface area contributed by atoms with Gasteiger partial charge in [0.1, 0.15) is 11.6 Å². The van der Waals surface area contributed by atoms with Gasteiger partial charge in [-0.2, -0.15) is 0 Å². The number of para-hydroxylation sites is 1. The average molecular weight is 686 g/mol. The van der Waals surface area contributed by atoms with Crippen molar-refractivity contribution in [1.29, 1.82) is 5.41 Å². The van der Waals surface area contributed by atoms with Gasteiger partial charge in [-0.3, -0.25) is 4.79 Å². The molecule has 1 amide bonds. The van der Waals surface area contributed by atoms with Crippen LogP contribution in [0.4, 0.5) is 10.1 Å². The van der Waals surface area contributed by atoms with Crippen molar-refractivity contribution in [2.75, 3.05) is 51.7 Å². The fraction of sp³-hybridized carbons (Fsp3) is 0.324. The van der Waals surface area contributed by atoms with Crippen LogP contribution >= 0.6 is 23.2 Å². The summed E-state index contributed by atoms with van der Waals surface area (Å²) in [5.74, 6) is -1.31. The van der Waals surface area contributed by atoms with E-state index in [4.69, 9.17) is 42.8 Å². The molecule has 5 rings (SSSR count). The number of hydrogen-bond donors (Lipinski definition) is 3. The third-order valence-corrected chi connectivity index (χ3v) is 8.60. The molecule has 0 unspecified atom stereocenters. The summed E-state index contributed by atoms with van der Waals surface area (Å²) in [6.07, 6.45) is 2.70. The molecule has 0 atom stereocenters. The van der Waals surface area contributed by atoms with Gasteiger partial charge in [0.15, 0.2) is 6.73 Å². The number of fused-ring (bicyclic) bond motifs is 1. The molecule has 0 bridgehead atoms. The van der Waals surface area contributed by atoms with Crippen molar-refractivity contribution < 1.29 is 33.3 Å². The Kier molecular flexibility index (Phi) is 10.4. The van der Waals surface area contributed by atoms with E-state index in [-0.39, 0.29) is 46.6 Å². The Bertz CT molecular complexity index is 1720. The maximum absolute atomic E-state index is 15.7. The van der Waals surface area contributed by atoms with Gasteiger partial charge in [0.25, 0.3) is 5.91 Å². The van der Waals surface area contributed by atoms with E-state index in [9.17, 15) is 14.7 Å². The van der Waals surface area contributed by atoms with Gasteiger partial charge in [0.05, 0.1) is 65.9 Å². The van der Waals surface area contributed by atoms with E-state index in [0.717, 1.165) is 6.21 Å². The SMILES string of the molecule is COC(=O)c1cc(F)c(-c2cccc3c2OCN(C(=O)c2c(Cl)cc(/C(C=N)=C/NC(C)(C)CO)cc2Cl)C3)cc1N1CCOCC1.